The van der Waals surface area contributed by atoms with Crippen LogP contribution >= 0.6 is 22.7 Å². The fraction of sp³-hybridized carbons (Fsp3) is 0.273. The van der Waals surface area contributed by atoms with Crippen molar-refractivity contribution in [3.8, 4) is 22.3 Å². The van der Waals surface area contributed by atoms with Gasteiger partial charge in [-0.15, -0.1) is 22.7 Å². The minimum Gasteiger partial charge on any atom is -0.438 e. The normalized spacial score (nSPS) is 12.2. The van der Waals surface area contributed by atoms with Crippen molar-refractivity contribution in [2.24, 2.45) is 9.98 Å². The number of thiophene rings is 2. The van der Waals surface area contributed by atoms with E-state index in [-0.39, 0.29) is 21.9 Å². The molecule has 0 radical (unpaired) electrons. The Bertz CT molecular complexity index is 2530. The molecule has 60 heavy (non-hydrogen) atoms. The maximum Gasteiger partial charge on any atom is 0.228 e. The van der Waals surface area contributed by atoms with Gasteiger partial charge in [-0.3, -0.25) is 0 Å². The molecule has 0 saturated heterocycles. The van der Waals surface area contributed by atoms with Gasteiger partial charge in [0.15, 0.2) is 46.5 Å². The van der Waals surface area contributed by atoms with Crippen molar-refractivity contribution >= 4 is 68.8 Å². The van der Waals surface area contributed by atoms with E-state index >= 15 is 17.6 Å². The van der Waals surface area contributed by atoms with E-state index in [0.29, 0.717) is 9.75 Å². The van der Waals surface area contributed by atoms with Gasteiger partial charge >= 0.3 is 0 Å². The van der Waals surface area contributed by atoms with Crippen molar-refractivity contribution in [2.45, 2.75) is 78.1 Å². The highest BCUT2D eigenvalue weighted by Crippen LogP contribution is 2.49. The molecule has 0 unspecified atom stereocenters. The lowest BCUT2D eigenvalue weighted by Crippen LogP contribution is -2.04. The predicted molar refractivity (Wildman–Crippen MR) is 215 cm³/mol. The number of fused-ring (bicyclic) bond motifs is 2. The third-order valence-electron chi connectivity index (χ3n) is 9.92. The van der Waals surface area contributed by atoms with E-state index in [0.717, 1.165) is 86.1 Å². The molecule has 0 fully saturated rings. The zero-order valence-electron chi connectivity index (χ0n) is 32.0. The van der Waals surface area contributed by atoms with Crippen molar-refractivity contribution in [1.29, 1.82) is 0 Å². The van der Waals surface area contributed by atoms with Crippen LogP contribution in [-0.2, 0) is 12.8 Å². The van der Waals surface area contributed by atoms with Gasteiger partial charge in [-0.25, -0.2) is 53.9 Å². The average Bonchev–Trinajstić information content (AvgIpc) is 4.05. The van der Waals surface area contributed by atoms with Gasteiger partial charge in [0.25, 0.3) is 0 Å². The van der Waals surface area contributed by atoms with Crippen LogP contribution in [0.15, 0.2) is 55.2 Å². The van der Waals surface area contributed by atoms with Gasteiger partial charge in [0, 0.05) is 42.7 Å². The lowest BCUT2D eigenvalue weighted by molar-refractivity contribution is 0.381. The van der Waals surface area contributed by atoms with Crippen molar-refractivity contribution < 1.29 is 52.7 Å². The van der Waals surface area contributed by atoms with Crippen molar-refractivity contribution in [2.75, 3.05) is 0 Å². The number of hydrogen-bond acceptors (Lipinski definition) is 6. The highest BCUT2D eigenvalue weighted by atomic mass is 32.1. The fourth-order valence-corrected chi connectivity index (χ4v) is 8.72. The van der Waals surface area contributed by atoms with Gasteiger partial charge in [0.1, 0.15) is 11.2 Å². The van der Waals surface area contributed by atoms with Crippen molar-refractivity contribution in [3.05, 3.63) is 114 Å². The van der Waals surface area contributed by atoms with E-state index < -0.39 is 92.2 Å². The summed E-state index contributed by atoms with van der Waals surface area (Å²) in [5, 5.41) is -0.667. The number of nitrogens with zero attached hydrogens (tertiary/aromatic N) is 2. The summed E-state index contributed by atoms with van der Waals surface area (Å²) in [4.78, 5) is 11.6. The van der Waals surface area contributed by atoms with Crippen LogP contribution in [0.4, 0.5) is 55.7 Å². The van der Waals surface area contributed by atoms with E-state index in [9.17, 15) is 26.3 Å². The van der Waals surface area contributed by atoms with Gasteiger partial charge in [0.05, 0.1) is 22.3 Å². The average molecular weight is 877 g/mol. The quantitative estimate of drug-likeness (QED) is 0.0319. The predicted octanol–water partition coefficient (Wildman–Crippen LogP) is 15.8. The fourth-order valence-electron chi connectivity index (χ4n) is 6.87. The number of unbranched alkanes of at least 4 members (excludes halogenated alkanes) is 6. The Balaban J connectivity index is 1.42. The molecular weight excluding hydrogens is 843 g/mol. The molecule has 0 aliphatic carbocycles. The third kappa shape index (κ3) is 8.27. The SMILES string of the molecule is CCCCCCc1ccc(/C=N\c2oc3cc4c(-c5c(F)c(F)c(F)c(F)c5F)c(/N=C/c5ccc(CCCCCC)s5)oc4cc3c2-c2c(F)c(F)c(F)c(F)c2F)s1. The maximum absolute atomic E-state index is 15.5. The summed E-state index contributed by atoms with van der Waals surface area (Å²) in [5.41, 5.74) is -4.96. The van der Waals surface area contributed by atoms with E-state index in [2.05, 4.69) is 23.8 Å². The first-order valence-electron chi connectivity index (χ1n) is 19.2. The number of furan rings is 2. The van der Waals surface area contributed by atoms with E-state index in [1.54, 1.807) is 12.1 Å². The standard InChI is InChI=1S/C44H34F10N2O2S2/c1-3-5-7-9-11-21-13-15-23(59-21)19-55-43-29(31-33(45)37(49)41(53)38(50)34(31)46)25-17-28-26(18-27(25)57-43)30(32-35(47)39(51)42(54)40(52)36(32)48)44(58-28)56-20-24-16-14-22(60-24)12-10-8-6-4-2/h13-20H,3-12H2,1-2H3/b55-19-,56-20+. The first-order chi connectivity index (χ1) is 28.8. The maximum atomic E-state index is 15.5. The Kier molecular flexibility index (Phi) is 13.0. The molecule has 0 aliphatic rings. The highest BCUT2D eigenvalue weighted by molar-refractivity contribution is 7.14. The molecule has 4 nitrogen and oxygen atoms in total. The second-order valence-electron chi connectivity index (χ2n) is 14.0. The Hall–Kier alpha value is -5.22. The first kappa shape index (κ1) is 42.9. The van der Waals surface area contributed by atoms with E-state index in [1.165, 1.54) is 35.1 Å². The summed E-state index contributed by atoms with van der Waals surface area (Å²) >= 11 is 2.71. The van der Waals surface area contributed by atoms with Gasteiger partial charge in [-0.1, -0.05) is 52.4 Å². The molecule has 0 atom stereocenters. The minimum atomic E-state index is -2.41. The summed E-state index contributed by atoms with van der Waals surface area (Å²) in [7, 11) is 0. The first-order valence-corrected chi connectivity index (χ1v) is 20.8. The molecule has 0 aliphatic heterocycles. The molecule has 0 spiro atoms. The van der Waals surface area contributed by atoms with Crippen LogP contribution in [0.25, 0.3) is 44.2 Å². The van der Waals surface area contributed by atoms with Crippen LogP contribution in [0.2, 0.25) is 0 Å². The molecule has 4 aromatic heterocycles. The van der Waals surface area contributed by atoms with Crippen LogP contribution in [0, 0.1) is 58.2 Å². The van der Waals surface area contributed by atoms with Gasteiger partial charge in [-0.05, 0) is 62.1 Å². The Morgan fingerprint density at radius 1 is 0.450 bits per heavy atom. The molecule has 7 aromatic rings. The van der Waals surface area contributed by atoms with E-state index in [4.69, 9.17) is 8.83 Å². The second kappa shape index (κ2) is 18.2. The third-order valence-corrected chi connectivity index (χ3v) is 12.1. The Morgan fingerprint density at radius 3 is 1.15 bits per heavy atom. The van der Waals surface area contributed by atoms with Crippen LogP contribution < -0.4 is 0 Å². The molecule has 4 heterocycles. The molecule has 3 aromatic carbocycles. The Morgan fingerprint density at radius 2 is 0.800 bits per heavy atom. The van der Waals surface area contributed by atoms with Gasteiger partial charge in [-0.2, -0.15) is 0 Å². The molecule has 16 heteroatoms. The Labute approximate surface area is 344 Å². The highest BCUT2D eigenvalue weighted by Gasteiger charge is 2.34. The smallest absolute Gasteiger partial charge is 0.228 e. The molecular formula is C44H34F10N2O2S2. The molecule has 0 bridgehead atoms. The number of benzene rings is 3. The number of hydrogen-bond donors (Lipinski definition) is 0. The monoisotopic (exact) mass is 876 g/mol. The number of rotatable bonds is 16. The van der Waals surface area contributed by atoms with Gasteiger partial charge in [0.2, 0.25) is 23.4 Å². The van der Waals surface area contributed by atoms with Crippen molar-refractivity contribution in [3.63, 3.8) is 0 Å². The zero-order chi connectivity index (χ0) is 42.8. The van der Waals surface area contributed by atoms with E-state index in [1.807, 2.05) is 12.1 Å². The summed E-state index contributed by atoms with van der Waals surface area (Å²) in [6.45, 7) is 4.18. The second-order valence-corrected chi connectivity index (χ2v) is 16.4. The summed E-state index contributed by atoms with van der Waals surface area (Å²) < 4.78 is 161. The largest absolute Gasteiger partial charge is 0.438 e. The lowest BCUT2D eigenvalue weighted by atomic mass is 9.98. The van der Waals surface area contributed by atoms with Crippen LogP contribution in [0.3, 0.4) is 0 Å². The van der Waals surface area contributed by atoms with Gasteiger partial charge < -0.3 is 8.83 Å². The number of halogens is 10. The van der Waals surface area contributed by atoms with Crippen molar-refractivity contribution in [1.82, 2.24) is 0 Å². The molecule has 0 N–H and O–H groups in total. The number of aryl methyl sites for hydroxylation is 2. The molecule has 7 rings (SSSR count). The molecule has 314 valence electrons. The number of aliphatic imine (C=N–C) groups is 2. The summed E-state index contributed by atoms with van der Waals surface area (Å²) in [6, 6.07) is 9.19. The van der Waals surface area contributed by atoms with Crippen LogP contribution in [0.1, 0.15) is 84.7 Å². The zero-order valence-corrected chi connectivity index (χ0v) is 33.6. The van der Waals surface area contributed by atoms with Crippen LogP contribution in [-0.4, -0.2) is 12.4 Å². The molecule has 0 saturated carbocycles. The lowest BCUT2D eigenvalue weighted by Gasteiger charge is -2.08. The summed E-state index contributed by atoms with van der Waals surface area (Å²) in [5.74, 6) is -23.9. The topological polar surface area (TPSA) is 51.0 Å². The minimum absolute atomic E-state index is 0.333. The summed E-state index contributed by atoms with van der Waals surface area (Å²) in [6.07, 6.45) is 12.3. The van der Waals surface area contributed by atoms with Crippen LogP contribution in [0.5, 0.6) is 0 Å². The molecule has 0 amide bonds.